The molecule has 2 aromatic carbocycles. The molecule has 0 radical (unpaired) electrons. The number of nitrogens with one attached hydrogen (secondary N) is 1. The van der Waals surface area contributed by atoms with E-state index in [-0.39, 0.29) is 11.9 Å². The fourth-order valence-electron chi connectivity index (χ4n) is 2.31. The lowest BCUT2D eigenvalue weighted by Gasteiger charge is -2.22. The summed E-state index contributed by atoms with van der Waals surface area (Å²) in [6.07, 6.45) is 1.01. The van der Waals surface area contributed by atoms with Crippen LogP contribution in [0.25, 0.3) is 0 Å². The summed E-state index contributed by atoms with van der Waals surface area (Å²) in [6.45, 7) is 4.95. The third-order valence-electron chi connectivity index (χ3n) is 3.37. The highest BCUT2D eigenvalue weighted by Crippen LogP contribution is 2.30. The second kappa shape index (κ2) is 6.87. The summed E-state index contributed by atoms with van der Waals surface area (Å²) in [5.74, 6) is -0.221. The molecule has 0 aliphatic carbocycles. The lowest BCUT2D eigenvalue weighted by atomic mass is 9.94. The molecule has 0 aromatic heterocycles. The Kier molecular flexibility index (Phi) is 5.16. The first-order valence-electron chi connectivity index (χ1n) is 6.87. The quantitative estimate of drug-likeness (QED) is 0.828. The van der Waals surface area contributed by atoms with Crippen molar-refractivity contribution < 1.29 is 4.39 Å². The summed E-state index contributed by atoms with van der Waals surface area (Å²) in [7, 11) is 0. The predicted molar refractivity (Wildman–Crippen MR) is 82.7 cm³/mol. The Morgan fingerprint density at radius 2 is 1.90 bits per heavy atom. The first-order valence-corrected chi connectivity index (χ1v) is 7.25. The van der Waals surface area contributed by atoms with Gasteiger partial charge in [-0.3, -0.25) is 0 Å². The fraction of sp³-hybridized carbons (Fsp3) is 0.294. The van der Waals surface area contributed by atoms with Crippen LogP contribution in [0.3, 0.4) is 0 Å². The summed E-state index contributed by atoms with van der Waals surface area (Å²) < 4.78 is 13.6. The van der Waals surface area contributed by atoms with Crippen LogP contribution in [0.15, 0.2) is 42.5 Å². The zero-order valence-corrected chi connectivity index (χ0v) is 12.5. The summed E-state index contributed by atoms with van der Waals surface area (Å²) >= 11 is 6.31. The molecule has 0 saturated carbocycles. The molecule has 0 aliphatic rings. The molecule has 0 saturated heterocycles. The summed E-state index contributed by atoms with van der Waals surface area (Å²) in [5.41, 5.74) is 2.97. The highest BCUT2D eigenvalue weighted by atomic mass is 35.5. The number of benzene rings is 2. The summed E-state index contributed by atoms with van der Waals surface area (Å²) in [5, 5.41) is 4.16. The van der Waals surface area contributed by atoms with E-state index in [2.05, 4.69) is 12.2 Å². The van der Waals surface area contributed by atoms with Crippen molar-refractivity contribution in [3.63, 3.8) is 0 Å². The number of rotatable bonds is 5. The molecule has 1 unspecified atom stereocenters. The van der Waals surface area contributed by atoms with Crippen LogP contribution in [0.5, 0.6) is 0 Å². The highest BCUT2D eigenvalue weighted by Gasteiger charge is 2.18. The highest BCUT2D eigenvalue weighted by molar-refractivity contribution is 6.31. The molecule has 106 valence electrons. The van der Waals surface area contributed by atoms with Crippen LogP contribution in [0.1, 0.15) is 36.1 Å². The summed E-state index contributed by atoms with van der Waals surface area (Å²) in [4.78, 5) is 0. The van der Waals surface area contributed by atoms with Gasteiger partial charge in [-0.2, -0.15) is 0 Å². The van der Waals surface area contributed by atoms with Crippen molar-refractivity contribution in [1.82, 2.24) is 5.32 Å². The average Bonchev–Trinajstić information content (AvgIpc) is 2.44. The maximum atomic E-state index is 13.6. The predicted octanol–water partition coefficient (Wildman–Crippen LogP) is 4.88. The molecule has 0 bridgehead atoms. The monoisotopic (exact) mass is 291 g/mol. The minimum absolute atomic E-state index is 0.0839. The van der Waals surface area contributed by atoms with E-state index in [0.29, 0.717) is 5.02 Å². The van der Waals surface area contributed by atoms with Gasteiger partial charge >= 0.3 is 0 Å². The van der Waals surface area contributed by atoms with Gasteiger partial charge in [-0.05, 0) is 54.8 Å². The van der Waals surface area contributed by atoms with E-state index < -0.39 is 0 Å². The minimum atomic E-state index is -0.221. The van der Waals surface area contributed by atoms with Gasteiger partial charge in [-0.15, -0.1) is 0 Å². The van der Waals surface area contributed by atoms with Gasteiger partial charge in [0, 0.05) is 5.02 Å². The smallest absolute Gasteiger partial charge is 0.123 e. The topological polar surface area (TPSA) is 12.0 Å². The average molecular weight is 292 g/mol. The Hall–Kier alpha value is -1.38. The van der Waals surface area contributed by atoms with Gasteiger partial charge in [0.2, 0.25) is 0 Å². The molecule has 2 rings (SSSR count). The standard InChI is InChI=1S/C17H19ClFN/c1-3-10-20-17(14-6-4-5-7-16(14)18)15-11-13(19)9-8-12(15)2/h4-9,11,17,20H,3,10H2,1-2H3. The Morgan fingerprint density at radius 1 is 1.15 bits per heavy atom. The minimum Gasteiger partial charge on any atom is -0.306 e. The van der Waals surface area contributed by atoms with Crippen LogP contribution >= 0.6 is 11.6 Å². The molecule has 0 aliphatic heterocycles. The third-order valence-corrected chi connectivity index (χ3v) is 3.71. The van der Waals surface area contributed by atoms with Crippen LogP contribution in [-0.4, -0.2) is 6.54 Å². The Morgan fingerprint density at radius 3 is 2.60 bits per heavy atom. The Balaban J connectivity index is 2.47. The van der Waals surface area contributed by atoms with Gasteiger partial charge in [0.1, 0.15) is 5.82 Å². The van der Waals surface area contributed by atoms with Gasteiger partial charge in [0.05, 0.1) is 6.04 Å². The van der Waals surface area contributed by atoms with Crippen LogP contribution < -0.4 is 5.32 Å². The maximum Gasteiger partial charge on any atom is 0.123 e. The first-order chi connectivity index (χ1) is 9.63. The largest absolute Gasteiger partial charge is 0.306 e. The van der Waals surface area contributed by atoms with E-state index in [4.69, 9.17) is 11.6 Å². The lowest BCUT2D eigenvalue weighted by molar-refractivity contribution is 0.583. The number of hydrogen-bond donors (Lipinski definition) is 1. The molecule has 0 spiro atoms. The molecule has 20 heavy (non-hydrogen) atoms. The lowest BCUT2D eigenvalue weighted by Crippen LogP contribution is -2.24. The number of aryl methyl sites for hydroxylation is 1. The third kappa shape index (κ3) is 3.38. The molecule has 0 heterocycles. The zero-order valence-electron chi connectivity index (χ0n) is 11.8. The maximum absolute atomic E-state index is 13.6. The van der Waals surface area contributed by atoms with Crippen molar-refractivity contribution in [3.8, 4) is 0 Å². The van der Waals surface area contributed by atoms with Crippen LogP contribution in [0.2, 0.25) is 5.02 Å². The van der Waals surface area contributed by atoms with Gasteiger partial charge in [0.25, 0.3) is 0 Å². The Bertz CT molecular complexity index is 583. The van der Waals surface area contributed by atoms with E-state index >= 15 is 0 Å². The molecule has 0 amide bonds. The van der Waals surface area contributed by atoms with Crippen LogP contribution in [0, 0.1) is 12.7 Å². The molecular weight excluding hydrogens is 273 g/mol. The van der Waals surface area contributed by atoms with E-state index in [0.717, 1.165) is 29.7 Å². The summed E-state index contributed by atoms with van der Waals surface area (Å²) in [6, 6.07) is 12.5. The van der Waals surface area contributed by atoms with Crippen molar-refractivity contribution >= 4 is 11.6 Å². The molecule has 1 atom stereocenters. The number of halogens is 2. The SMILES string of the molecule is CCCNC(c1cc(F)ccc1C)c1ccccc1Cl. The second-order valence-electron chi connectivity index (χ2n) is 4.91. The second-order valence-corrected chi connectivity index (χ2v) is 5.32. The molecule has 1 nitrogen and oxygen atoms in total. The van der Waals surface area contributed by atoms with E-state index in [1.807, 2.05) is 37.3 Å². The Labute approximate surface area is 124 Å². The van der Waals surface area contributed by atoms with E-state index in [1.165, 1.54) is 6.07 Å². The van der Waals surface area contributed by atoms with Crippen LogP contribution in [-0.2, 0) is 0 Å². The molecule has 3 heteroatoms. The number of hydrogen-bond acceptors (Lipinski definition) is 1. The molecular formula is C17H19ClFN. The molecule has 2 aromatic rings. The molecule has 0 fully saturated rings. The van der Waals surface area contributed by atoms with Crippen molar-refractivity contribution in [2.24, 2.45) is 0 Å². The van der Waals surface area contributed by atoms with E-state index in [9.17, 15) is 4.39 Å². The first kappa shape index (κ1) is 15.0. The van der Waals surface area contributed by atoms with Crippen molar-refractivity contribution in [1.29, 1.82) is 0 Å². The van der Waals surface area contributed by atoms with Gasteiger partial charge in [0.15, 0.2) is 0 Å². The van der Waals surface area contributed by atoms with Gasteiger partial charge in [-0.25, -0.2) is 4.39 Å². The zero-order chi connectivity index (χ0) is 14.5. The van der Waals surface area contributed by atoms with Gasteiger partial charge in [-0.1, -0.05) is 42.8 Å². The van der Waals surface area contributed by atoms with Gasteiger partial charge < -0.3 is 5.32 Å². The van der Waals surface area contributed by atoms with E-state index in [1.54, 1.807) is 6.07 Å². The normalized spacial score (nSPS) is 12.4. The van der Waals surface area contributed by atoms with Crippen LogP contribution in [0.4, 0.5) is 4.39 Å². The fourth-order valence-corrected chi connectivity index (χ4v) is 2.55. The van der Waals surface area contributed by atoms with Crippen molar-refractivity contribution in [2.45, 2.75) is 26.3 Å². The van der Waals surface area contributed by atoms with Crippen molar-refractivity contribution in [2.75, 3.05) is 6.54 Å². The van der Waals surface area contributed by atoms with Crippen molar-refractivity contribution in [3.05, 3.63) is 70.0 Å². The molecule has 1 N–H and O–H groups in total.